The van der Waals surface area contributed by atoms with Crippen LogP contribution in [0.5, 0.6) is 11.5 Å². The van der Waals surface area contributed by atoms with Gasteiger partial charge in [-0.1, -0.05) is 45.3 Å². The fourth-order valence-electron chi connectivity index (χ4n) is 3.26. The fraction of sp³-hybridized carbons (Fsp3) is 0.667. The zero-order valence-corrected chi connectivity index (χ0v) is 20.4. The van der Waals surface area contributed by atoms with Crippen molar-refractivity contribution in [3.8, 4) is 11.5 Å². The average Bonchev–Trinajstić information content (AvgIpc) is 2.35. The second kappa shape index (κ2) is 7.76. The van der Waals surface area contributed by atoms with Crippen molar-refractivity contribution in [2.45, 2.75) is 65.3 Å². The lowest BCUT2D eigenvalue weighted by atomic mass is 10.1. The third kappa shape index (κ3) is 6.74. The van der Waals surface area contributed by atoms with Crippen molar-refractivity contribution in [3.63, 3.8) is 0 Å². The fourth-order valence-corrected chi connectivity index (χ4v) is 13.7. The summed E-state index contributed by atoms with van der Waals surface area (Å²) in [5, 5.41) is 0. The highest BCUT2D eigenvalue weighted by Gasteiger charge is 2.33. The van der Waals surface area contributed by atoms with E-state index < -0.39 is 24.8 Å². The molecule has 0 saturated carbocycles. The predicted molar refractivity (Wildman–Crippen MR) is 114 cm³/mol. The average molecular weight is 384 g/mol. The molecule has 3 nitrogen and oxygen atoms in total. The van der Waals surface area contributed by atoms with Crippen LogP contribution in [0.3, 0.4) is 0 Å². The van der Waals surface area contributed by atoms with E-state index in [4.69, 9.17) is 9.16 Å². The molecular weight excluding hydrogens is 346 g/mol. The molecule has 0 aliphatic carbocycles. The summed E-state index contributed by atoms with van der Waals surface area (Å²) >= 11 is 0. The standard InChI is InChI=1S/C18H37NO2Si3/c1-20-18-15-17(21-24(8,9)10)12-11-16(18)13-14-19(22(2,3)4)23(5,6)7/h11-12,15H,13-14H2,1-10H3. The van der Waals surface area contributed by atoms with Crippen LogP contribution >= 0.6 is 0 Å². The molecule has 0 bridgehead atoms. The van der Waals surface area contributed by atoms with E-state index in [1.54, 1.807) is 7.11 Å². The van der Waals surface area contributed by atoms with Crippen LogP contribution in [0, 0.1) is 0 Å². The minimum Gasteiger partial charge on any atom is -0.544 e. The topological polar surface area (TPSA) is 21.7 Å². The molecule has 0 aliphatic heterocycles. The van der Waals surface area contributed by atoms with E-state index >= 15 is 0 Å². The van der Waals surface area contributed by atoms with Gasteiger partial charge in [-0.2, -0.15) is 0 Å². The van der Waals surface area contributed by atoms with E-state index in [9.17, 15) is 0 Å². The number of hydrogen-bond donors (Lipinski definition) is 0. The molecule has 138 valence electrons. The summed E-state index contributed by atoms with van der Waals surface area (Å²) in [7, 11) is -2.46. The van der Waals surface area contributed by atoms with Gasteiger partial charge in [-0.05, 0) is 44.2 Å². The third-order valence-electron chi connectivity index (χ3n) is 3.91. The molecule has 0 aromatic heterocycles. The first-order valence-electron chi connectivity index (χ1n) is 8.88. The van der Waals surface area contributed by atoms with E-state index in [1.165, 1.54) is 5.56 Å². The highest BCUT2D eigenvalue weighted by atomic mass is 28.4. The first-order chi connectivity index (χ1) is 10.7. The maximum atomic E-state index is 6.10. The van der Waals surface area contributed by atoms with Gasteiger partial charge < -0.3 is 13.4 Å². The predicted octanol–water partition coefficient (Wildman–Crippen LogP) is 5.42. The van der Waals surface area contributed by atoms with Crippen LogP contribution in [-0.2, 0) is 6.42 Å². The molecule has 0 atom stereocenters. The maximum Gasteiger partial charge on any atom is 0.242 e. The smallest absolute Gasteiger partial charge is 0.242 e. The lowest BCUT2D eigenvalue weighted by molar-refractivity contribution is 0.405. The van der Waals surface area contributed by atoms with E-state index in [0.717, 1.165) is 24.5 Å². The highest BCUT2D eigenvalue weighted by molar-refractivity contribution is 6.89. The zero-order valence-electron chi connectivity index (χ0n) is 17.4. The second-order valence-electron chi connectivity index (χ2n) is 9.43. The molecule has 0 heterocycles. The van der Waals surface area contributed by atoms with Gasteiger partial charge in [0.2, 0.25) is 8.32 Å². The first kappa shape index (κ1) is 21.5. The van der Waals surface area contributed by atoms with E-state index in [1.807, 2.05) is 0 Å². The van der Waals surface area contributed by atoms with Crippen LogP contribution in [0.4, 0.5) is 0 Å². The van der Waals surface area contributed by atoms with Crippen LogP contribution in [0.25, 0.3) is 0 Å². The summed E-state index contributed by atoms with van der Waals surface area (Å²) in [6, 6.07) is 6.34. The molecule has 1 aromatic carbocycles. The van der Waals surface area contributed by atoms with Crippen molar-refractivity contribution < 1.29 is 9.16 Å². The lowest BCUT2D eigenvalue weighted by Gasteiger charge is -2.43. The Bertz CT molecular complexity index is 529. The van der Waals surface area contributed by atoms with Gasteiger partial charge in [0.15, 0.2) is 0 Å². The molecule has 1 aromatic rings. The molecule has 0 amide bonds. The summed E-state index contributed by atoms with van der Waals surface area (Å²) in [4.78, 5) is 0. The van der Waals surface area contributed by atoms with E-state index in [-0.39, 0.29) is 0 Å². The number of rotatable bonds is 8. The lowest BCUT2D eigenvalue weighted by Crippen LogP contribution is -2.59. The van der Waals surface area contributed by atoms with Crippen LogP contribution in [0.1, 0.15) is 5.56 Å². The molecule has 0 spiro atoms. The minimum absolute atomic E-state index is 0.932. The molecule has 0 aliphatic rings. The van der Waals surface area contributed by atoms with Crippen LogP contribution in [-0.4, -0.2) is 42.7 Å². The Hall–Kier alpha value is -0.569. The summed E-state index contributed by atoms with van der Waals surface area (Å²) in [5.41, 5.74) is 1.28. The minimum atomic E-state index is -1.59. The summed E-state index contributed by atoms with van der Waals surface area (Å²) in [6.45, 7) is 22.4. The highest BCUT2D eigenvalue weighted by Crippen LogP contribution is 2.28. The Balaban J connectivity index is 2.95. The van der Waals surface area contributed by atoms with Gasteiger partial charge in [0.05, 0.1) is 7.11 Å². The largest absolute Gasteiger partial charge is 0.544 e. The summed E-state index contributed by atoms with van der Waals surface area (Å²) < 4.78 is 14.6. The SMILES string of the molecule is COc1cc(O[Si](C)(C)C)ccc1CCN([Si](C)(C)C)[Si](C)(C)C. The Morgan fingerprint density at radius 3 is 1.83 bits per heavy atom. The molecule has 0 fully saturated rings. The van der Waals surface area contributed by atoms with Gasteiger partial charge in [0.25, 0.3) is 0 Å². The van der Waals surface area contributed by atoms with Gasteiger partial charge >= 0.3 is 0 Å². The molecule has 0 N–H and O–H groups in total. The van der Waals surface area contributed by atoms with Gasteiger partial charge in [-0.25, -0.2) is 0 Å². The van der Waals surface area contributed by atoms with Crippen molar-refractivity contribution in [2.24, 2.45) is 0 Å². The van der Waals surface area contributed by atoms with Gasteiger partial charge in [0, 0.05) is 6.07 Å². The molecule has 0 unspecified atom stereocenters. The maximum absolute atomic E-state index is 6.10. The monoisotopic (exact) mass is 383 g/mol. The van der Waals surface area contributed by atoms with Gasteiger partial charge in [-0.3, -0.25) is 0 Å². The van der Waals surface area contributed by atoms with Crippen molar-refractivity contribution in [2.75, 3.05) is 13.7 Å². The number of hydrogen-bond acceptors (Lipinski definition) is 3. The Labute approximate surface area is 152 Å². The Morgan fingerprint density at radius 1 is 0.875 bits per heavy atom. The van der Waals surface area contributed by atoms with Crippen LogP contribution in [0.15, 0.2) is 18.2 Å². The number of methoxy groups -OCH3 is 1. The summed E-state index contributed by atoms with van der Waals surface area (Å²) in [5.74, 6) is 1.89. The molecular formula is C18H37NO2Si3. The van der Waals surface area contributed by atoms with Crippen molar-refractivity contribution in [1.29, 1.82) is 0 Å². The van der Waals surface area contributed by atoms with E-state index in [0.29, 0.717) is 0 Å². The molecule has 1 rings (SSSR count). The first-order valence-corrected chi connectivity index (χ1v) is 19.2. The van der Waals surface area contributed by atoms with Crippen LogP contribution < -0.4 is 9.16 Å². The van der Waals surface area contributed by atoms with Crippen molar-refractivity contribution >= 4 is 24.8 Å². The number of nitrogens with zero attached hydrogens (tertiary/aromatic N) is 1. The normalized spacial score (nSPS) is 13.3. The van der Waals surface area contributed by atoms with Crippen molar-refractivity contribution in [1.82, 2.24) is 4.23 Å². The molecule has 24 heavy (non-hydrogen) atoms. The van der Waals surface area contributed by atoms with Gasteiger partial charge in [-0.15, -0.1) is 0 Å². The van der Waals surface area contributed by atoms with E-state index in [2.05, 4.69) is 81.4 Å². The number of benzene rings is 1. The van der Waals surface area contributed by atoms with Crippen molar-refractivity contribution in [3.05, 3.63) is 23.8 Å². The number of ether oxygens (including phenoxy) is 1. The van der Waals surface area contributed by atoms with Crippen LogP contribution in [0.2, 0.25) is 58.9 Å². The molecule has 0 radical (unpaired) electrons. The summed E-state index contributed by atoms with van der Waals surface area (Å²) in [6.07, 6.45) is 1.03. The zero-order chi connectivity index (χ0) is 18.8. The Kier molecular flexibility index (Phi) is 6.94. The second-order valence-corrected chi connectivity index (χ2v) is 24.1. The molecule has 0 saturated heterocycles. The Morgan fingerprint density at radius 2 is 1.42 bits per heavy atom. The quantitative estimate of drug-likeness (QED) is 0.559. The molecule has 6 heteroatoms. The van der Waals surface area contributed by atoms with Gasteiger partial charge in [0.1, 0.15) is 28.0 Å². The third-order valence-corrected chi connectivity index (χ3v) is 12.5.